The molecule has 0 unspecified atom stereocenters. The van der Waals surface area contributed by atoms with Crippen LogP contribution < -0.4 is 10.9 Å². The number of rotatable bonds is 2. The predicted molar refractivity (Wildman–Crippen MR) is 171 cm³/mol. The fourth-order valence-corrected chi connectivity index (χ4v) is 5.18. The molecule has 4 nitrogen and oxygen atoms in total. The van der Waals surface area contributed by atoms with Crippen molar-refractivity contribution in [1.29, 1.82) is 0 Å². The summed E-state index contributed by atoms with van der Waals surface area (Å²) in [5, 5.41) is 0. The molecule has 2 saturated heterocycles. The first-order chi connectivity index (χ1) is 17.6. The highest BCUT2D eigenvalue weighted by molar-refractivity contribution is 6.62. The zero-order chi connectivity index (χ0) is 27.7. The molecule has 2 fully saturated rings. The van der Waals surface area contributed by atoms with Crippen LogP contribution in [-0.2, 0) is 24.0 Å². The van der Waals surface area contributed by atoms with Crippen LogP contribution in [0.1, 0.15) is 84.9 Å². The Labute approximate surface area is 240 Å². The van der Waals surface area contributed by atoms with Crippen LogP contribution in [0.15, 0.2) is 36.4 Å². The molecule has 0 amide bonds. The van der Waals surface area contributed by atoms with Gasteiger partial charge in [0, 0.05) is 11.4 Å². The quantitative estimate of drug-likeness (QED) is 0.350. The maximum Gasteiger partial charge on any atom is 0.494 e. The molecule has 0 atom stereocenters. The van der Waals surface area contributed by atoms with E-state index in [1.54, 1.807) is 0 Å². The van der Waals surface area contributed by atoms with Gasteiger partial charge in [0.05, 0.1) is 27.8 Å². The lowest BCUT2D eigenvalue weighted by molar-refractivity contribution is 0.00578. The van der Waals surface area contributed by atoms with E-state index in [2.05, 4.69) is 128 Å². The Morgan fingerprint density at radius 3 is 1.37 bits per heavy atom. The fourth-order valence-electron chi connectivity index (χ4n) is 5.18. The average Bonchev–Trinajstić information content (AvgIpc) is 3.31. The third-order valence-corrected chi connectivity index (χ3v) is 9.02. The van der Waals surface area contributed by atoms with Crippen molar-refractivity contribution in [3.8, 4) is 47.2 Å². The molecule has 2 aromatic carbocycles. The molecule has 6 heteroatoms. The first-order valence-corrected chi connectivity index (χ1v) is 13.1. The second-order valence-electron chi connectivity index (χ2n) is 12.6. The molecule has 0 aromatic heterocycles. The molecular formula is C32H50B2O4. The summed E-state index contributed by atoms with van der Waals surface area (Å²) in [5.41, 5.74) is 4.01. The Balaban J connectivity index is -0.00000110. The third kappa shape index (κ3) is 4.02. The number of terminal acetylenes is 1. The Kier molecular flexibility index (Phi) is 6.00. The zero-order valence-electron chi connectivity index (χ0n) is 23.8. The van der Waals surface area contributed by atoms with E-state index in [4.69, 9.17) is 25.0 Å². The van der Waals surface area contributed by atoms with Crippen molar-refractivity contribution in [1.82, 2.24) is 0 Å². The number of benzene rings is 2. The van der Waals surface area contributed by atoms with Gasteiger partial charge in [-0.1, -0.05) is 42.3 Å². The van der Waals surface area contributed by atoms with Crippen molar-refractivity contribution < 1.29 is 30.0 Å². The lowest BCUT2D eigenvalue weighted by Gasteiger charge is -2.32. The highest BCUT2D eigenvalue weighted by Gasteiger charge is 2.53. The van der Waals surface area contributed by atoms with Gasteiger partial charge in [-0.05, 0) is 119 Å². The van der Waals surface area contributed by atoms with Crippen LogP contribution in [0.25, 0.3) is 11.1 Å². The molecule has 0 spiro atoms. The highest BCUT2D eigenvalue weighted by Crippen LogP contribution is 2.48. The van der Waals surface area contributed by atoms with Gasteiger partial charge in [0.1, 0.15) is 0 Å². The zero-order valence-corrected chi connectivity index (χ0v) is 23.8. The van der Waals surface area contributed by atoms with Gasteiger partial charge < -0.3 is 18.6 Å². The summed E-state index contributed by atoms with van der Waals surface area (Å²) >= 11 is 0. The summed E-state index contributed by atoms with van der Waals surface area (Å²) in [6, 6.07) is 12.8. The van der Waals surface area contributed by atoms with Crippen molar-refractivity contribution in [2.45, 2.75) is 90.1 Å². The lowest BCUT2D eigenvalue weighted by atomic mass is 9.72. The molecule has 38 heavy (non-hydrogen) atoms. The maximum absolute atomic E-state index is 6.36. The summed E-state index contributed by atoms with van der Waals surface area (Å²) < 4.78 is 25.4. The lowest BCUT2D eigenvalue weighted by Crippen LogP contribution is -2.41. The van der Waals surface area contributed by atoms with Gasteiger partial charge in [-0.3, -0.25) is 0 Å². The molecule has 2 heterocycles. The SMILES string of the molecule is C#CC#CC#CC1(C)c2cc(B3OC(C)(C)C(C)(C)O3)ccc2-c2ccc(B3OC(C)(C)C(C)(C)O3)cc21.[HH].[HH].[HH].[HH].[HH].[HH].[HH].[HH]. The van der Waals surface area contributed by atoms with Crippen LogP contribution in [-0.4, -0.2) is 36.6 Å². The molecule has 2 aliphatic heterocycles. The monoisotopic (exact) mass is 520 g/mol. The van der Waals surface area contributed by atoms with E-state index in [0.29, 0.717) is 0 Å². The average molecular weight is 520 g/mol. The van der Waals surface area contributed by atoms with E-state index in [1.807, 2.05) is 0 Å². The predicted octanol–water partition coefficient (Wildman–Crippen LogP) is 6.18. The second kappa shape index (κ2) is 8.55. The summed E-state index contributed by atoms with van der Waals surface area (Å²) in [6.07, 6.45) is 5.33. The largest absolute Gasteiger partial charge is 0.494 e. The number of hydrogen-bond acceptors (Lipinski definition) is 4. The van der Waals surface area contributed by atoms with Gasteiger partial charge in [-0.25, -0.2) is 0 Å². The molecule has 3 aliphatic rings. The van der Waals surface area contributed by atoms with Gasteiger partial charge in [-0.2, -0.15) is 0 Å². The van der Waals surface area contributed by atoms with E-state index in [0.717, 1.165) is 33.2 Å². The number of fused-ring (bicyclic) bond motifs is 3. The molecular weight excluding hydrogens is 470 g/mol. The second-order valence-corrected chi connectivity index (χ2v) is 12.6. The van der Waals surface area contributed by atoms with Crippen LogP contribution in [0.3, 0.4) is 0 Å². The summed E-state index contributed by atoms with van der Waals surface area (Å²) in [4.78, 5) is 0. The Morgan fingerprint density at radius 2 is 1.00 bits per heavy atom. The van der Waals surface area contributed by atoms with Crippen LogP contribution in [0, 0.1) is 36.0 Å². The maximum atomic E-state index is 6.36. The van der Waals surface area contributed by atoms with E-state index in [1.165, 1.54) is 0 Å². The molecule has 0 saturated carbocycles. The Bertz CT molecular complexity index is 1400. The molecule has 0 radical (unpaired) electrons. The standard InChI is InChI=1S/C32H34B2O4.8H2/c1-11-12-13-14-19-32(10)26-20-22(33-35-28(2,3)29(4,5)36-33)15-17-24(26)25-18-16-23(21-27(25)32)34-37-30(6,7)31(8,9)38-34;;;;;;;;/h1,15-18,20-21H,2-10H3;8*1H. The molecule has 2 aromatic rings. The van der Waals surface area contributed by atoms with Crippen LogP contribution >= 0.6 is 0 Å². The molecule has 0 N–H and O–H groups in total. The highest BCUT2D eigenvalue weighted by atomic mass is 16.7. The normalized spacial score (nSPS) is 22.4. The Morgan fingerprint density at radius 1 is 0.605 bits per heavy atom. The summed E-state index contributed by atoms with van der Waals surface area (Å²) in [5.74, 6) is 14.2. The van der Waals surface area contributed by atoms with Gasteiger partial charge in [0.15, 0.2) is 0 Å². The van der Waals surface area contributed by atoms with Crippen LogP contribution in [0.2, 0.25) is 0 Å². The minimum atomic E-state index is -0.632. The van der Waals surface area contributed by atoms with Gasteiger partial charge in [-0.15, -0.1) is 6.42 Å². The van der Waals surface area contributed by atoms with E-state index < -0.39 is 42.1 Å². The van der Waals surface area contributed by atoms with E-state index in [-0.39, 0.29) is 11.4 Å². The summed E-state index contributed by atoms with van der Waals surface area (Å²) in [6.45, 7) is 18.6. The van der Waals surface area contributed by atoms with Crippen LogP contribution in [0.5, 0.6) is 0 Å². The van der Waals surface area contributed by atoms with Crippen molar-refractivity contribution in [2.75, 3.05) is 0 Å². The third-order valence-electron chi connectivity index (χ3n) is 9.02. The van der Waals surface area contributed by atoms with Crippen LogP contribution in [0.4, 0.5) is 0 Å². The van der Waals surface area contributed by atoms with E-state index >= 15 is 0 Å². The first kappa shape index (κ1) is 26.7. The fraction of sp³-hybridized carbons (Fsp3) is 0.438. The summed E-state index contributed by atoms with van der Waals surface area (Å²) in [7, 11) is -0.930. The van der Waals surface area contributed by atoms with Gasteiger partial charge in [0.25, 0.3) is 0 Å². The van der Waals surface area contributed by atoms with Crippen molar-refractivity contribution >= 4 is 25.2 Å². The molecule has 1 aliphatic carbocycles. The number of hydrogen-bond donors (Lipinski definition) is 0. The van der Waals surface area contributed by atoms with E-state index in [9.17, 15) is 0 Å². The van der Waals surface area contributed by atoms with Crippen molar-refractivity contribution in [3.05, 3.63) is 47.5 Å². The first-order valence-electron chi connectivity index (χ1n) is 13.1. The molecule has 208 valence electrons. The van der Waals surface area contributed by atoms with Gasteiger partial charge in [0.2, 0.25) is 0 Å². The Hall–Kier alpha value is -2.91. The topological polar surface area (TPSA) is 36.9 Å². The van der Waals surface area contributed by atoms with Gasteiger partial charge >= 0.3 is 14.2 Å². The molecule has 0 bridgehead atoms. The smallest absolute Gasteiger partial charge is 0.399 e. The van der Waals surface area contributed by atoms with Crippen molar-refractivity contribution in [3.63, 3.8) is 0 Å². The minimum absolute atomic E-state index is 0. The van der Waals surface area contributed by atoms with Crippen molar-refractivity contribution in [2.24, 2.45) is 0 Å². The molecule has 5 rings (SSSR count). The minimum Gasteiger partial charge on any atom is -0.399 e.